The lowest BCUT2D eigenvalue weighted by atomic mass is 10.0. The van der Waals surface area contributed by atoms with Gasteiger partial charge >= 0.3 is 0 Å². The highest BCUT2D eigenvalue weighted by Crippen LogP contribution is 2.25. The van der Waals surface area contributed by atoms with E-state index >= 15 is 0 Å². The standard InChI is InChI=1S/C25H26N4OS/c1-16-9-10-17(2)23(13-16)29-19(4)27-28-25(29)31-15-24(30)26-18(3)21-12-11-20-7-5-6-8-22(20)14-21/h5-14,18H,15H2,1-4H3,(H,26,30). The first-order chi connectivity index (χ1) is 14.9. The van der Waals surface area contributed by atoms with E-state index in [9.17, 15) is 4.79 Å². The van der Waals surface area contributed by atoms with E-state index in [1.165, 1.54) is 28.1 Å². The molecule has 31 heavy (non-hydrogen) atoms. The summed E-state index contributed by atoms with van der Waals surface area (Å²) in [7, 11) is 0. The van der Waals surface area contributed by atoms with Gasteiger partial charge in [0.2, 0.25) is 5.91 Å². The highest BCUT2D eigenvalue weighted by molar-refractivity contribution is 7.99. The van der Waals surface area contributed by atoms with E-state index < -0.39 is 0 Å². The maximum absolute atomic E-state index is 12.6. The molecule has 1 unspecified atom stereocenters. The van der Waals surface area contributed by atoms with Gasteiger partial charge in [-0.05, 0) is 67.3 Å². The molecule has 0 spiro atoms. The minimum atomic E-state index is -0.0728. The van der Waals surface area contributed by atoms with Gasteiger partial charge in [-0.1, -0.05) is 60.3 Å². The smallest absolute Gasteiger partial charge is 0.230 e. The number of fused-ring (bicyclic) bond motifs is 1. The second-order valence-corrected chi connectivity index (χ2v) is 8.78. The summed E-state index contributed by atoms with van der Waals surface area (Å²) in [6.07, 6.45) is 0. The molecular formula is C25H26N4OS. The molecule has 1 amide bonds. The van der Waals surface area contributed by atoms with Crippen molar-refractivity contribution in [2.24, 2.45) is 0 Å². The van der Waals surface area contributed by atoms with Crippen molar-refractivity contribution in [1.29, 1.82) is 0 Å². The topological polar surface area (TPSA) is 59.8 Å². The van der Waals surface area contributed by atoms with Crippen molar-refractivity contribution in [2.75, 3.05) is 5.75 Å². The van der Waals surface area contributed by atoms with Gasteiger partial charge in [0.15, 0.2) is 5.16 Å². The lowest BCUT2D eigenvalue weighted by Gasteiger charge is -2.15. The number of hydrogen-bond donors (Lipinski definition) is 1. The van der Waals surface area contributed by atoms with Crippen LogP contribution < -0.4 is 5.32 Å². The van der Waals surface area contributed by atoms with E-state index in [0.29, 0.717) is 0 Å². The number of amides is 1. The molecule has 0 radical (unpaired) electrons. The van der Waals surface area contributed by atoms with Gasteiger partial charge in [0, 0.05) is 0 Å². The molecule has 1 heterocycles. The van der Waals surface area contributed by atoms with Crippen LogP contribution in [0.25, 0.3) is 16.5 Å². The summed E-state index contributed by atoms with van der Waals surface area (Å²) in [6.45, 7) is 8.08. The lowest BCUT2D eigenvalue weighted by molar-refractivity contribution is -0.119. The van der Waals surface area contributed by atoms with Crippen LogP contribution in [0.1, 0.15) is 35.5 Å². The largest absolute Gasteiger partial charge is 0.349 e. The molecule has 3 aromatic carbocycles. The number of carbonyl (C=O) groups is 1. The monoisotopic (exact) mass is 430 g/mol. The molecule has 4 rings (SSSR count). The second-order valence-electron chi connectivity index (χ2n) is 7.84. The first-order valence-corrected chi connectivity index (χ1v) is 11.3. The Morgan fingerprint density at radius 1 is 1.00 bits per heavy atom. The van der Waals surface area contributed by atoms with Crippen LogP contribution in [-0.2, 0) is 4.79 Å². The molecule has 1 aromatic heterocycles. The van der Waals surface area contributed by atoms with Crippen LogP contribution in [0.3, 0.4) is 0 Å². The third-order valence-electron chi connectivity index (χ3n) is 5.38. The van der Waals surface area contributed by atoms with Gasteiger partial charge in [0.05, 0.1) is 17.5 Å². The van der Waals surface area contributed by atoms with Crippen LogP contribution in [-0.4, -0.2) is 26.4 Å². The second kappa shape index (κ2) is 8.94. The first kappa shape index (κ1) is 21.1. The Hall–Kier alpha value is -3.12. The van der Waals surface area contributed by atoms with Crippen molar-refractivity contribution in [2.45, 2.75) is 38.9 Å². The fourth-order valence-corrected chi connectivity index (χ4v) is 4.45. The number of hydrogen-bond acceptors (Lipinski definition) is 4. The molecule has 0 fully saturated rings. The van der Waals surface area contributed by atoms with Crippen molar-refractivity contribution >= 4 is 28.4 Å². The molecule has 0 bridgehead atoms. The summed E-state index contributed by atoms with van der Waals surface area (Å²) in [5, 5.41) is 14.7. The number of carbonyl (C=O) groups excluding carboxylic acids is 1. The van der Waals surface area contributed by atoms with Crippen molar-refractivity contribution in [3.63, 3.8) is 0 Å². The van der Waals surface area contributed by atoms with Crippen LogP contribution >= 0.6 is 11.8 Å². The molecule has 1 N–H and O–H groups in total. The van der Waals surface area contributed by atoms with Gasteiger partial charge in [0.1, 0.15) is 5.82 Å². The minimum Gasteiger partial charge on any atom is -0.349 e. The van der Waals surface area contributed by atoms with Crippen LogP contribution in [0.15, 0.2) is 65.8 Å². The summed E-state index contributed by atoms with van der Waals surface area (Å²) >= 11 is 1.40. The van der Waals surface area contributed by atoms with Gasteiger partial charge in [0.25, 0.3) is 0 Å². The van der Waals surface area contributed by atoms with Crippen LogP contribution in [0.5, 0.6) is 0 Å². The van der Waals surface area contributed by atoms with E-state index in [-0.39, 0.29) is 17.7 Å². The van der Waals surface area contributed by atoms with E-state index in [2.05, 4.69) is 77.9 Å². The summed E-state index contributed by atoms with van der Waals surface area (Å²) in [4.78, 5) is 12.6. The van der Waals surface area contributed by atoms with Crippen molar-refractivity contribution in [3.8, 4) is 5.69 Å². The Morgan fingerprint density at radius 2 is 1.77 bits per heavy atom. The van der Waals surface area contributed by atoms with E-state index in [1.54, 1.807) is 0 Å². The molecule has 5 nitrogen and oxygen atoms in total. The molecule has 0 aliphatic rings. The Labute approximate surface area is 186 Å². The van der Waals surface area contributed by atoms with Crippen molar-refractivity contribution in [1.82, 2.24) is 20.1 Å². The molecule has 1 atom stereocenters. The summed E-state index contributed by atoms with van der Waals surface area (Å²) in [5.74, 6) is 1.06. The third-order valence-corrected chi connectivity index (χ3v) is 6.31. The number of nitrogens with one attached hydrogen (secondary N) is 1. The van der Waals surface area contributed by atoms with Crippen molar-refractivity contribution < 1.29 is 4.79 Å². The normalized spacial score (nSPS) is 12.1. The molecule has 4 aromatic rings. The zero-order valence-electron chi connectivity index (χ0n) is 18.2. The highest BCUT2D eigenvalue weighted by Gasteiger charge is 2.16. The maximum atomic E-state index is 12.6. The highest BCUT2D eigenvalue weighted by atomic mass is 32.2. The SMILES string of the molecule is Cc1ccc(C)c(-n2c(C)nnc2SCC(=O)NC(C)c2ccc3ccccc3c2)c1. The quantitative estimate of drug-likeness (QED) is 0.421. The number of aromatic nitrogens is 3. The molecule has 0 saturated heterocycles. The number of benzene rings is 3. The van der Waals surface area contributed by atoms with Gasteiger partial charge in [-0.25, -0.2) is 0 Å². The Morgan fingerprint density at radius 3 is 2.58 bits per heavy atom. The predicted molar refractivity (Wildman–Crippen MR) is 127 cm³/mol. The summed E-state index contributed by atoms with van der Waals surface area (Å²) < 4.78 is 2.02. The average Bonchev–Trinajstić information content (AvgIpc) is 3.13. The first-order valence-electron chi connectivity index (χ1n) is 10.3. The predicted octanol–water partition coefficient (Wildman–Crippen LogP) is 5.32. The number of rotatable bonds is 6. The van der Waals surface area contributed by atoms with E-state index in [0.717, 1.165) is 27.8 Å². The van der Waals surface area contributed by atoms with Gasteiger partial charge in [-0.3, -0.25) is 9.36 Å². The van der Waals surface area contributed by atoms with Crippen LogP contribution in [0.4, 0.5) is 0 Å². The van der Waals surface area contributed by atoms with Gasteiger partial charge in [-0.15, -0.1) is 10.2 Å². The lowest BCUT2D eigenvalue weighted by Crippen LogP contribution is -2.28. The molecule has 0 saturated carbocycles. The zero-order valence-corrected chi connectivity index (χ0v) is 19.0. The fraction of sp³-hybridized carbons (Fsp3) is 0.240. The Kier molecular flexibility index (Phi) is 6.09. The minimum absolute atomic E-state index is 0.0289. The fourth-order valence-electron chi connectivity index (χ4n) is 3.65. The van der Waals surface area contributed by atoms with E-state index in [4.69, 9.17) is 0 Å². The molecule has 6 heteroatoms. The molecule has 0 aliphatic carbocycles. The number of thioether (sulfide) groups is 1. The van der Waals surface area contributed by atoms with Crippen molar-refractivity contribution in [3.05, 3.63) is 83.2 Å². The molecule has 0 aliphatic heterocycles. The molecular weight excluding hydrogens is 404 g/mol. The number of aryl methyl sites for hydroxylation is 3. The van der Waals surface area contributed by atoms with E-state index in [1.807, 2.05) is 30.5 Å². The third kappa shape index (κ3) is 4.64. The molecule has 158 valence electrons. The maximum Gasteiger partial charge on any atom is 0.230 e. The Bertz CT molecular complexity index is 1250. The summed E-state index contributed by atoms with van der Waals surface area (Å²) in [6, 6.07) is 20.8. The Balaban J connectivity index is 1.45. The summed E-state index contributed by atoms with van der Waals surface area (Å²) in [5.41, 5.74) is 4.46. The van der Waals surface area contributed by atoms with Gasteiger partial charge < -0.3 is 5.32 Å². The van der Waals surface area contributed by atoms with Gasteiger partial charge in [-0.2, -0.15) is 0 Å². The van der Waals surface area contributed by atoms with Crippen LogP contribution in [0.2, 0.25) is 0 Å². The van der Waals surface area contributed by atoms with Crippen LogP contribution in [0, 0.1) is 20.8 Å². The average molecular weight is 431 g/mol. The zero-order chi connectivity index (χ0) is 22.0. The number of nitrogens with zero attached hydrogens (tertiary/aromatic N) is 3.